The Labute approximate surface area is 140 Å². The van der Waals surface area contributed by atoms with Crippen molar-refractivity contribution in [1.29, 1.82) is 0 Å². The van der Waals surface area contributed by atoms with Crippen molar-refractivity contribution in [2.75, 3.05) is 0 Å². The molecule has 0 heterocycles. The molecule has 128 valence electrons. The largest absolute Gasteiger partial charge is 0.550 e. The highest BCUT2D eigenvalue weighted by Gasteiger charge is 2.22. The number of aliphatic carboxylic acids is 1. The maximum atomic E-state index is 10.1. The Morgan fingerprint density at radius 2 is 1.35 bits per heavy atom. The van der Waals surface area contributed by atoms with Crippen LogP contribution in [0, 0.1) is 0 Å². The minimum atomic E-state index is -1.04. The Morgan fingerprint density at radius 1 is 0.870 bits per heavy atom. The Morgan fingerprint density at radius 3 is 1.78 bits per heavy atom. The number of carboxylic acids is 1. The van der Waals surface area contributed by atoms with E-state index in [9.17, 15) is 9.90 Å². The molecule has 2 aliphatic rings. The number of carbonyl (C=O) groups excluding carboxylic acids is 1. The Hall–Kier alpha value is -1.35. The first-order valence-electron chi connectivity index (χ1n) is 9.33. The van der Waals surface area contributed by atoms with Crippen molar-refractivity contribution in [2.45, 2.75) is 82.7 Å². The van der Waals surface area contributed by atoms with Crippen LogP contribution in [0.15, 0.2) is 30.3 Å². The van der Waals surface area contributed by atoms with E-state index in [-0.39, 0.29) is 6.42 Å². The third-order valence-electron chi connectivity index (χ3n) is 5.04. The SMILES string of the molecule is C1CCC([NH2+]C2CCCCC2)CC1.O=C([O-])Cc1ccccc1. The lowest BCUT2D eigenvalue weighted by atomic mass is 9.91. The van der Waals surface area contributed by atoms with Crippen LogP contribution in [0.2, 0.25) is 0 Å². The van der Waals surface area contributed by atoms with Crippen LogP contribution in [-0.4, -0.2) is 18.1 Å². The molecule has 0 bridgehead atoms. The van der Waals surface area contributed by atoms with E-state index in [1.807, 2.05) is 6.07 Å². The van der Waals surface area contributed by atoms with Crippen molar-refractivity contribution < 1.29 is 15.2 Å². The summed E-state index contributed by atoms with van der Waals surface area (Å²) in [6, 6.07) is 11.0. The zero-order valence-corrected chi connectivity index (χ0v) is 14.2. The number of hydrogen-bond acceptors (Lipinski definition) is 2. The third-order valence-corrected chi connectivity index (χ3v) is 5.04. The van der Waals surface area contributed by atoms with Crippen LogP contribution in [0.25, 0.3) is 0 Å². The Kier molecular flexibility index (Phi) is 8.16. The molecule has 0 unspecified atom stereocenters. The lowest BCUT2D eigenvalue weighted by Gasteiger charge is -2.27. The van der Waals surface area contributed by atoms with Gasteiger partial charge in [-0.3, -0.25) is 0 Å². The normalized spacial score (nSPS) is 19.7. The van der Waals surface area contributed by atoms with Crippen LogP contribution in [0.5, 0.6) is 0 Å². The molecule has 0 atom stereocenters. The third kappa shape index (κ3) is 7.65. The molecule has 0 radical (unpaired) electrons. The zero-order chi connectivity index (χ0) is 16.3. The number of benzene rings is 1. The van der Waals surface area contributed by atoms with Gasteiger partial charge in [-0.15, -0.1) is 0 Å². The fourth-order valence-electron chi connectivity index (χ4n) is 3.80. The van der Waals surface area contributed by atoms with Crippen molar-refractivity contribution in [3.63, 3.8) is 0 Å². The van der Waals surface area contributed by atoms with Crippen LogP contribution in [0.1, 0.15) is 69.8 Å². The molecule has 2 aliphatic carbocycles. The molecule has 3 heteroatoms. The van der Waals surface area contributed by atoms with E-state index in [2.05, 4.69) is 5.32 Å². The molecular formula is C20H31NO2. The molecule has 0 saturated heterocycles. The van der Waals surface area contributed by atoms with E-state index in [0.29, 0.717) is 0 Å². The summed E-state index contributed by atoms with van der Waals surface area (Å²) in [5, 5.41) is 12.8. The van der Waals surface area contributed by atoms with E-state index in [1.165, 1.54) is 64.2 Å². The number of quaternary nitrogens is 1. The van der Waals surface area contributed by atoms with Crippen LogP contribution in [-0.2, 0) is 11.2 Å². The highest BCUT2D eigenvalue weighted by Crippen LogP contribution is 2.18. The fourth-order valence-corrected chi connectivity index (χ4v) is 3.80. The standard InChI is InChI=1S/C12H23N.C8H8O2/c1-3-7-11(8-4-1)13-12-9-5-2-6-10-12;9-8(10)6-7-4-2-1-3-5-7/h11-13H,1-10H2;1-5H,6H2,(H,9,10). The minimum Gasteiger partial charge on any atom is -0.550 e. The van der Waals surface area contributed by atoms with Crippen molar-refractivity contribution in [3.8, 4) is 0 Å². The summed E-state index contributed by atoms with van der Waals surface area (Å²) < 4.78 is 0. The average Bonchev–Trinajstić information content (AvgIpc) is 2.58. The Bertz CT molecular complexity index is 418. The zero-order valence-electron chi connectivity index (χ0n) is 14.2. The number of nitrogens with two attached hydrogens (primary N) is 1. The quantitative estimate of drug-likeness (QED) is 0.925. The van der Waals surface area contributed by atoms with Gasteiger partial charge in [0.2, 0.25) is 0 Å². The van der Waals surface area contributed by atoms with E-state index >= 15 is 0 Å². The van der Waals surface area contributed by atoms with E-state index in [4.69, 9.17) is 0 Å². The van der Waals surface area contributed by atoms with Gasteiger partial charge in [0, 0.05) is 12.4 Å². The van der Waals surface area contributed by atoms with Gasteiger partial charge < -0.3 is 15.2 Å². The number of rotatable bonds is 4. The van der Waals surface area contributed by atoms with E-state index in [1.54, 1.807) is 24.3 Å². The molecule has 3 rings (SSSR count). The molecule has 0 amide bonds. The first kappa shape index (κ1) is 18.0. The lowest BCUT2D eigenvalue weighted by molar-refractivity contribution is -0.725. The van der Waals surface area contributed by atoms with Crippen molar-refractivity contribution in [2.24, 2.45) is 0 Å². The first-order chi connectivity index (χ1) is 11.2. The van der Waals surface area contributed by atoms with Crippen molar-refractivity contribution in [1.82, 2.24) is 0 Å². The monoisotopic (exact) mass is 317 g/mol. The van der Waals surface area contributed by atoms with Gasteiger partial charge in [-0.2, -0.15) is 0 Å². The summed E-state index contributed by atoms with van der Waals surface area (Å²) >= 11 is 0. The summed E-state index contributed by atoms with van der Waals surface area (Å²) in [6.45, 7) is 0. The minimum absolute atomic E-state index is 0.000833. The van der Waals surface area contributed by atoms with Gasteiger partial charge >= 0.3 is 0 Å². The smallest absolute Gasteiger partial charge is 0.0861 e. The molecular weight excluding hydrogens is 286 g/mol. The summed E-state index contributed by atoms with van der Waals surface area (Å²) in [6.07, 6.45) is 15.0. The summed E-state index contributed by atoms with van der Waals surface area (Å²) in [7, 11) is 0. The highest BCUT2D eigenvalue weighted by atomic mass is 16.4. The van der Waals surface area contributed by atoms with Crippen LogP contribution in [0.3, 0.4) is 0 Å². The second kappa shape index (κ2) is 10.4. The maximum absolute atomic E-state index is 10.1. The molecule has 2 saturated carbocycles. The van der Waals surface area contributed by atoms with Gasteiger partial charge in [-0.1, -0.05) is 43.2 Å². The predicted molar refractivity (Wildman–Crippen MR) is 90.8 cm³/mol. The number of carboxylic acid groups (broad SMARTS) is 1. The van der Waals surface area contributed by atoms with E-state index in [0.717, 1.165) is 17.6 Å². The average molecular weight is 317 g/mol. The number of hydrogen-bond donors (Lipinski definition) is 1. The first-order valence-corrected chi connectivity index (χ1v) is 9.33. The highest BCUT2D eigenvalue weighted by molar-refractivity contribution is 5.67. The van der Waals surface area contributed by atoms with Gasteiger partial charge in [0.15, 0.2) is 0 Å². The second-order valence-electron chi connectivity index (χ2n) is 7.02. The summed E-state index contributed by atoms with van der Waals surface area (Å²) in [4.78, 5) is 10.1. The molecule has 1 aromatic carbocycles. The van der Waals surface area contributed by atoms with Crippen LogP contribution >= 0.6 is 0 Å². The van der Waals surface area contributed by atoms with E-state index < -0.39 is 5.97 Å². The summed E-state index contributed by atoms with van der Waals surface area (Å²) in [5.74, 6) is -1.04. The Balaban J connectivity index is 0.000000174. The second-order valence-corrected chi connectivity index (χ2v) is 7.02. The predicted octanol–water partition coefficient (Wildman–Crippen LogP) is 2.19. The molecule has 0 aliphatic heterocycles. The molecule has 23 heavy (non-hydrogen) atoms. The molecule has 0 aromatic heterocycles. The molecule has 1 aromatic rings. The van der Waals surface area contributed by atoms with Crippen molar-refractivity contribution >= 4 is 5.97 Å². The summed E-state index contributed by atoms with van der Waals surface area (Å²) in [5.41, 5.74) is 0.780. The maximum Gasteiger partial charge on any atom is 0.0861 e. The van der Waals surface area contributed by atoms with Crippen molar-refractivity contribution in [3.05, 3.63) is 35.9 Å². The topological polar surface area (TPSA) is 56.7 Å². The van der Waals surface area contributed by atoms with Gasteiger partial charge in [-0.05, 0) is 56.9 Å². The number of carbonyl (C=O) groups is 1. The molecule has 2 fully saturated rings. The molecule has 3 nitrogen and oxygen atoms in total. The molecule has 2 N–H and O–H groups in total. The van der Waals surface area contributed by atoms with Gasteiger partial charge in [0.05, 0.1) is 12.1 Å². The lowest BCUT2D eigenvalue weighted by Crippen LogP contribution is -2.95. The van der Waals surface area contributed by atoms with Gasteiger partial charge in [0.1, 0.15) is 0 Å². The fraction of sp³-hybridized carbons (Fsp3) is 0.650. The van der Waals surface area contributed by atoms with Crippen LogP contribution < -0.4 is 10.4 Å². The van der Waals surface area contributed by atoms with Crippen LogP contribution in [0.4, 0.5) is 0 Å². The van der Waals surface area contributed by atoms with Gasteiger partial charge in [-0.25, -0.2) is 0 Å². The molecule has 0 spiro atoms. The van der Waals surface area contributed by atoms with Gasteiger partial charge in [0.25, 0.3) is 0 Å².